The Morgan fingerprint density at radius 1 is 1.47 bits per heavy atom. The van der Waals surface area contributed by atoms with Crippen molar-refractivity contribution in [2.24, 2.45) is 0 Å². The summed E-state index contributed by atoms with van der Waals surface area (Å²) in [4.78, 5) is 11.7. The fourth-order valence-electron chi connectivity index (χ4n) is 0.910. The highest BCUT2D eigenvalue weighted by Crippen LogP contribution is 2.16. The first kappa shape index (κ1) is 14.2. The van der Waals surface area contributed by atoms with Crippen molar-refractivity contribution in [3.63, 3.8) is 0 Å². The van der Waals surface area contributed by atoms with Crippen molar-refractivity contribution in [3.8, 4) is 0 Å². The number of alkyl halides is 3. The van der Waals surface area contributed by atoms with Gasteiger partial charge in [-0.3, -0.25) is 4.79 Å². The molecule has 1 amide bonds. The fraction of sp³-hybridized carbons (Fsp3) is 0.875. The van der Waals surface area contributed by atoms with Gasteiger partial charge in [-0.05, 0) is 6.92 Å². The molecular weight excluding hydrogens is 215 g/mol. The molecule has 0 saturated heterocycles. The Morgan fingerprint density at radius 2 is 2.07 bits per heavy atom. The standard InChI is InChI=1S/C8H14F3NO3/c1-2-15-5-7(14)12(3-4-13)6-8(9,10)11/h13H,2-6H2,1H3. The van der Waals surface area contributed by atoms with Crippen LogP contribution < -0.4 is 0 Å². The maximum atomic E-state index is 12.0. The molecule has 0 aliphatic rings. The summed E-state index contributed by atoms with van der Waals surface area (Å²) in [6.07, 6.45) is -4.46. The minimum absolute atomic E-state index is 0.255. The largest absolute Gasteiger partial charge is 0.406 e. The maximum absolute atomic E-state index is 12.0. The van der Waals surface area contributed by atoms with Gasteiger partial charge in [0.15, 0.2) is 0 Å². The van der Waals surface area contributed by atoms with Gasteiger partial charge in [-0.25, -0.2) is 0 Å². The van der Waals surface area contributed by atoms with E-state index in [0.717, 1.165) is 0 Å². The van der Waals surface area contributed by atoms with Gasteiger partial charge >= 0.3 is 6.18 Å². The number of rotatable bonds is 6. The Labute approximate surface area is 85.6 Å². The Kier molecular flexibility index (Phi) is 6.26. The van der Waals surface area contributed by atoms with Crippen molar-refractivity contribution < 1.29 is 27.8 Å². The molecule has 0 atom stereocenters. The van der Waals surface area contributed by atoms with Crippen LogP contribution in [0.25, 0.3) is 0 Å². The number of hydrogen-bond acceptors (Lipinski definition) is 3. The fourth-order valence-corrected chi connectivity index (χ4v) is 0.910. The summed E-state index contributed by atoms with van der Waals surface area (Å²) in [7, 11) is 0. The number of halogens is 3. The van der Waals surface area contributed by atoms with Crippen LogP contribution in [0.2, 0.25) is 0 Å². The molecule has 0 aromatic carbocycles. The van der Waals surface area contributed by atoms with E-state index < -0.39 is 31.8 Å². The van der Waals surface area contributed by atoms with Crippen LogP contribution in [0.15, 0.2) is 0 Å². The third-order valence-electron chi connectivity index (χ3n) is 1.52. The van der Waals surface area contributed by atoms with E-state index >= 15 is 0 Å². The number of hydrogen-bond donors (Lipinski definition) is 1. The first-order valence-corrected chi connectivity index (χ1v) is 4.43. The molecular formula is C8H14F3NO3. The third kappa shape index (κ3) is 7.15. The third-order valence-corrected chi connectivity index (χ3v) is 1.52. The quantitative estimate of drug-likeness (QED) is 0.717. The van der Waals surface area contributed by atoms with Gasteiger partial charge in [-0.2, -0.15) is 13.2 Å². The molecule has 90 valence electrons. The summed E-state index contributed by atoms with van der Waals surface area (Å²) in [5.74, 6) is -0.775. The van der Waals surface area contributed by atoms with Gasteiger partial charge in [0.25, 0.3) is 0 Å². The summed E-state index contributed by atoms with van der Waals surface area (Å²) in [5, 5.41) is 8.51. The van der Waals surface area contributed by atoms with Crippen molar-refractivity contribution in [1.29, 1.82) is 0 Å². The lowest BCUT2D eigenvalue weighted by Crippen LogP contribution is -2.42. The molecule has 7 heteroatoms. The van der Waals surface area contributed by atoms with Crippen LogP contribution in [-0.4, -0.2) is 55.0 Å². The van der Waals surface area contributed by atoms with E-state index in [-0.39, 0.29) is 13.2 Å². The Bertz CT molecular complexity index is 196. The minimum atomic E-state index is -4.46. The molecule has 0 heterocycles. The minimum Gasteiger partial charge on any atom is -0.395 e. The molecule has 0 spiro atoms. The van der Waals surface area contributed by atoms with Crippen LogP contribution >= 0.6 is 0 Å². The van der Waals surface area contributed by atoms with Gasteiger partial charge in [0.2, 0.25) is 5.91 Å². The molecule has 0 rings (SSSR count). The molecule has 15 heavy (non-hydrogen) atoms. The molecule has 0 aromatic heterocycles. The zero-order valence-electron chi connectivity index (χ0n) is 8.38. The highest BCUT2D eigenvalue weighted by atomic mass is 19.4. The highest BCUT2D eigenvalue weighted by molar-refractivity contribution is 5.77. The number of nitrogens with zero attached hydrogens (tertiary/aromatic N) is 1. The second-order valence-corrected chi connectivity index (χ2v) is 2.79. The van der Waals surface area contributed by atoms with E-state index in [1.54, 1.807) is 6.92 Å². The van der Waals surface area contributed by atoms with Gasteiger partial charge in [-0.1, -0.05) is 0 Å². The van der Waals surface area contributed by atoms with Crippen LogP contribution in [0.3, 0.4) is 0 Å². The topological polar surface area (TPSA) is 49.8 Å². The Morgan fingerprint density at radius 3 is 2.47 bits per heavy atom. The van der Waals surface area contributed by atoms with E-state index in [2.05, 4.69) is 0 Å². The summed E-state index contributed by atoms with van der Waals surface area (Å²) < 4.78 is 40.7. The lowest BCUT2D eigenvalue weighted by atomic mass is 10.4. The number of carbonyl (C=O) groups excluding carboxylic acids is 1. The molecule has 0 fully saturated rings. The molecule has 0 aliphatic carbocycles. The summed E-state index contributed by atoms with van der Waals surface area (Å²) >= 11 is 0. The smallest absolute Gasteiger partial charge is 0.395 e. The van der Waals surface area contributed by atoms with Crippen molar-refractivity contribution in [3.05, 3.63) is 0 Å². The van der Waals surface area contributed by atoms with E-state index in [1.807, 2.05) is 0 Å². The number of aliphatic hydroxyl groups excluding tert-OH is 1. The van der Waals surface area contributed by atoms with Gasteiger partial charge in [0.1, 0.15) is 13.2 Å². The summed E-state index contributed by atoms with van der Waals surface area (Å²) in [5.41, 5.74) is 0. The molecule has 0 radical (unpaired) electrons. The molecule has 0 unspecified atom stereocenters. The van der Waals surface area contributed by atoms with Crippen molar-refractivity contribution >= 4 is 5.91 Å². The number of ether oxygens (including phenoxy) is 1. The zero-order valence-corrected chi connectivity index (χ0v) is 8.38. The van der Waals surface area contributed by atoms with E-state index in [0.29, 0.717) is 4.90 Å². The molecule has 1 N–H and O–H groups in total. The molecule has 4 nitrogen and oxygen atoms in total. The van der Waals surface area contributed by atoms with Gasteiger partial charge in [-0.15, -0.1) is 0 Å². The molecule has 0 aliphatic heterocycles. The predicted molar refractivity (Wildman–Crippen MR) is 46.2 cm³/mol. The SMILES string of the molecule is CCOCC(=O)N(CCO)CC(F)(F)F. The average molecular weight is 229 g/mol. The summed E-state index contributed by atoms with van der Waals surface area (Å²) in [6.45, 7) is -0.719. The van der Waals surface area contributed by atoms with Crippen molar-refractivity contribution in [2.75, 3.05) is 32.9 Å². The highest BCUT2D eigenvalue weighted by Gasteiger charge is 2.32. The number of amides is 1. The van der Waals surface area contributed by atoms with Crippen LogP contribution in [0.4, 0.5) is 13.2 Å². The normalized spacial score (nSPS) is 11.5. The van der Waals surface area contributed by atoms with Gasteiger partial charge < -0.3 is 14.7 Å². The first-order valence-electron chi connectivity index (χ1n) is 4.43. The maximum Gasteiger partial charge on any atom is 0.406 e. The van der Waals surface area contributed by atoms with E-state index in [4.69, 9.17) is 9.84 Å². The van der Waals surface area contributed by atoms with Crippen LogP contribution in [-0.2, 0) is 9.53 Å². The second kappa shape index (κ2) is 6.62. The lowest BCUT2D eigenvalue weighted by molar-refractivity contribution is -0.164. The second-order valence-electron chi connectivity index (χ2n) is 2.79. The lowest BCUT2D eigenvalue weighted by Gasteiger charge is -2.22. The molecule has 0 saturated carbocycles. The number of carbonyl (C=O) groups is 1. The van der Waals surface area contributed by atoms with E-state index in [1.165, 1.54) is 0 Å². The first-order chi connectivity index (χ1) is 6.90. The Balaban J connectivity index is 4.18. The predicted octanol–water partition coefficient (Wildman–Crippen LogP) is 0.406. The van der Waals surface area contributed by atoms with Crippen molar-refractivity contribution in [1.82, 2.24) is 4.90 Å². The number of aliphatic hydroxyl groups is 1. The van der Waals surface area contributed by atoms with Gasteiger partial charge in [0, 0.05) is 13.2 Å². The average Bonchev–Trinajstić information content (AvgIpc) is 2.11. The Hall–Kier alpha value is -0.820. The molecule has 0 aromatic rings. The molecule has 0 bridgehead atoms. The van der Waals surface area contributed by atoms with Crippen molar-refractivity contribution in [2.45, 2.75) is 13.1 Å². The van der Waals surface area contributed by atoms with Gasteiger partial charge in [0.05, 0.1) is 6.61 Å². The monoisotopic (exact) mass is 229 g/mol. The summed E-state index contributed by atoms with van der Waals surface area (Å²) in [6, 6.07) is 0. The van der Waals surface area contributed by atoms with Crippen LogP contribution in [0.5, 0.6) is 0 Å². The van der Waals surface area contributed by atoms with Crippen LogP contribution in [0.1, 0.15) is 6.92 Å². The van der Waals surface area contributed by atoms with E-state index in [9.17, 15) is 18.0 Å². The van der Waals surface area contributed by atoms with Crippen LogP contribution in [0, 0.1) is 0 Å². The zero-order chi connectivity index (χ0) is 11.9.